The summed E-state index contributed by atoms with van der Waals surface area (Å²) in [5.74, 6) is 0.566. The lowest BCUT2D eigenvalue weighted by Crippen LogP contribution is -2.26. The van der Waals surface area contributed by atoms with Crippen molar-refractivity contribution in [2.45, 2.75) is 18.9 Å². The molecule has 0 bridgehead atoms. The second-order valence-electron chi connectivity index (χ2n) is 3.75. The van der Waals surface area contributed by atoms with E-state index in [0.717, 1.165) is 34.3 Å². The number of halogens is 2. The van der Waals surface area contributed by atoms with Gasteiger partial charge in [0.2, 0.25) is 0 Å². The SMILES string of the molecule is N[C@@H](c1cc(Br)c(Br)s1)C1CCOCC1. The van der Waals surface area contributed by atoms with E-state index in [2.05, 4.69) is 37.9 Å². The molecule has 2 heterocycles. The Bertz CT molecular complexity index is 317. The molecule has 2 N–H and O–H groups in total. The fourth-order valence-electron chi connectivity index (χ4n) is 1.83. The lowest BCUT2D eigenvalue weighted by Gasteiger charge is -2.26. The van der Waals surface area contributed by atoms with Crippen molar-refractivity contribution in [2.24, 2.45) is 11.7 Å². The summed E-state index contributed by atoms with van der Waals surface area (Å²) in [5.41, 5.74) is 6.27. The maximum atomic E-state index is 6.27. The third-order valence-electron chi connectivity index (χ3n) is 2.77. The highest BCUT2D eigenvalue weighted by atomic mass is 79.9. The molecule has 0 saturated carbocycles. The molecule has 1 aromatic rings. The van der Waals surface area contributed by atoms with E-state index in [0.29, 0.717) is 5.92 Å². The largest absolute Gasteiger partial charge is 0.381 e. The Morgan fingerprint density at radius 3 is 2.60 bits per heavy atom. The van der Waals surface area contributed by atoms with Gasteiger partial charge in [-0.25, -0.2) is 0 Å². The standard InChI is InChI=1S/C10H13Br2NOS/c11-7-5-8(15-10(7)12)9(13)6-1-3-14-4-2-6/h5-6,9H,1-4,13H2/t9-/m1/s1. The number of ether oxygens (including phenoxy) is 1. The summed E-state index contributed by atoms with van der Waals surface area (Å²) in [6, 6.07) is 2.27. The topological polar surface area (TPSA) is 35.2 Å². The molecular weight excluding hydrogens is 342 g/mol. The van der Waals surface area contributed by atoms with Gasteiger partial charge < -0.3 is 10.5 Å². The molecule has 1 atom stereocenters. The van der Waals surface area contributed by atoms with Crippen LogP contribution in [-0.2, 0) is 4.74 Å². The van der Waals surface area contributed by atoms with Crippen molar-refractivity contribution in [3.63, 3.8) is 0 Å². The van der Waals surface area contributed by atoms with Crippen LogP contribution in [0.5, 0.6) is 0 Å². The lowest BCUT2D eigenvalue weighted by molar-refractivity contribution is 0.0587. The first-order valence-corrected chi connectivity index (χ1v) is 7.37. The summed E-state index contributed by atoms with van der Waals surface area (Å²) < 4.78 is 7.57. The molecule has 1 saturated heterocycles. The van der Waals surface area contributed by atoms with E-state index in [1.54, 1.807) is 11.3 Å². The van der Waals surface area contributed by atoms with E-state index in [-0.39, 0.29) is 6.04 Å². The lowest BCUT2D eigenvalue weighted by atomic mass is 9.91. The molecule has 15 heavy (non-hydrogen) atoms. The smallest absolute Gasteiger partial charge is 0.0843 e. The van der Waals surface area contributed by atoms with Crippen molar-refractivity contribution in [3.05, 3.63) is 19.2 Å². The number of hydrogen-bond acceptors (Lipinski definition) is 3. The second kappa shape index (κ2) is 5.27. The Morgan fingerprint density at radius 2 is 2.07 bits per heavy atom. The zero-order valence-corrected chi connectivity index (χ0v) is 12.2. The van der Waals surface area contributed by atoms with E-state index >= 15 is 0 Å². The van der Waals surface area contributed by atoms with E-state index in [4.69, 9.17) is 10.5 Å². The van der Waals surface area contributed by atoms with Gasteiger partial charge in [-0.15, -0.1) is 11.3 Å². The second-order valence-corrected chi connectivity index (χ2v) is 7.00. The van der Waals surface area contributed by atoms with Gasteiger partial charge in [-0.2, -0.15) is 0 Å². The van der Waals surface area contributed by atoms with Crippen LogP contribution in [0.4, 0.5) is 0 Å². The summed E-state index contributed by atoms with van der Waals surface area (Å²) >= 11 is 8.71. The van der Waals surface area contributed by atoms with Gasteiger partial charge in [0.15, 0.2) is 0 Å². The summed E-state index contributed by atoms with van der Waals surface area (Å²) in [6.07, 6.45) is 2.16. The Hall–Kier alpha value is 0.580. The van der Waals surface area contributed by atoms with Crippen LogP contribution in [0.25, 0.3) is 0 Å². The number of hydrogen-bond donors (Lipinski definition) is 1. The highest BCUT2D eigenvalue weighted by Gasteiger charge is 2.24. The predicted octanol–water partition coefficient (Wildman–Crippen LogP) is 3.70. The van der Waals surface area contributed by atoms with E-state index in [9.17, 15) is 0 Å². The van der Waals surface area contributed by atoms with Gasteiger partial charge in [0.05, 0.1) is 3.79 Å². The Morgan fingerprint density at radius 1 is 1.40 bits per heavy atom. The Kier molecular flexibility index (Phi) is 4.24. The molecule has 0 amide bonds. The summed E-state index contributed by atoms with van der Waals surface area (Å²) in [4.78, 5) is 1.25. The fraction of sp³-hybridized carbons (Fsp3) is 0.600. The van der Waals surface area contributed by atoms with Gasteiger partial charge in [-0.05, 0) is 56.7 Å². The highest BCUT2D eigenvalue weighted by Crippen LogP contribution is 2.38. The number of thiophene rings is 1. The molecule has 1 aliphatic heterocycles. The molecule has 0 aliphatic carbocycles. The molecule has 0 spiro atoms. The number of rotatable bonds is 2. The normalized spacial score (nSPS) is 20.5. The van der Waals surface area contributed by atoms with Crippen molar-refractivity contribution in [1.82, 2.24) is 0 Å². The Labute approximate surface area is 110 Å². The van der Waals surface area contributed by atoms with Crippen molar-refractivity contribution in [1.29, 1.82) is 0 Å². The third kappa shape index (κ3) is 2.82. The molecule has 1 fully saturated rings. The maximum Gasteiger partial charge on any atom is 0.0843 e. The minimum Gasteiger partial charge on any atom is -0.381 e. The minimum absolute atomic E-state index is 0.154. The van der Waals surface area contributed by atoms with Crippen LogP contribution >= 0.6 is 43.2 Å². The summed E-state index contributed by atoms with van der Waals surface area (Å²) in [5, 5.41) is 0. The van der Waals surface area contributed by atoms with E-state index < -0.39 is 0 Å². The van der Waals surface area contributed by atoms with Crippen LogP contribution in [0.1, 0.15) is 23.8 Å². The van der Waals surface area contributed by atoms with Gasteiger partial charge in [0, 0.05) is 28.6 Å². The first-order chi connectivity index (χ1) is 7.18. The van der Waals surface area contributed by atoms with Crippen LogP contribution in [0.15, 0.2) is 14.3 Å². The molecule has 2 rings (SSSR count). The maximum absolute atomic E-state index is 6.27. The molecule has 0 radical (unpaired) electrons. The average Bonchev–Trinajstić information content (AvgIpc) is 2.59. The minimum atomic E-state index is 0.154. The summed E-state index contributed by atoms with van der Waals surface area (Å²) in [7, 11) is 0. The first-order valence-electron chi connectivity index (χ1n) is 4.96. The first kappa shape index (κ1) is 12.0. The zero-order chi connectivity index (χ0) is 10.8. The van der Waals surface area contributed by atoms with Crippen molar-refractivity contribution in [3.8, 4) is 0 Å². The van der Waals surface area contributed by atoms with E-state index in [1.165, 1.54) is 4.88 Å². The van der Waals surface area contributed by atoms with Crippen LogP contribution < -0.4 is 5.73 Å². The van der Waals surface area contributed by atoms with E-state index in [1.807, 2.05) is 0 Å². The number of nitrogens with two attached hydrogens (primary N) is 1. The van der Waals surface area contributed by atoms with Crippen LogP contribution in [0.3, 0.4) is 0 Å². The summed E-state index contributed by atoms with van der Waals surface area (Å²) in [6.45, 7) is 1.71. The Balaban J connectivity index is 2.08. The van der Waals surface area contributed by atoms with Crippen molar-refractivity contribution >= 4 is 43.2 Å². The molecule has 0 aromatic carbocycles. The van der Waals surface area contributed by atoms with Gasteiger partial charge in [-0.1, -0.05) is 0 Å². The van der Waals surface area contributed by atoms with Crippen LogP contribution in [-0.4, -0.2) is 13.2 Å². The molecule has 5 heteroatoms. The fourth-order valence-corrected chi connectivity index (χ4v) is 4.02. The molecule has 1 aromatic heterocycles. The van der Waals surface area contributed by atoms with Crippen molar-refractivity contribution < 1.29 is 4.74 Å². The van der Waals surface area contributed by atoms with Gasteiger partial charge in [0.1, 0.15) is 0 Å². The zero-order valence-electron chi connectivity index (χ0n) is 8.21. The van der Waals surface area contributed by atoms with Crippen molar-refractivity contribution in [2.75, 3.05) is 13.2 Å². The van der Waals surface area contributed by atoms with Crippen LogP contribution in [0, 0.1) is 5.92 Å². The molecule has 0 unspecified atom stereocenters. The van der Waals surface area contributed by atoms with Crippen LogP contribution in [0.2, 0.25) is 0 Å². The van der Waals surface area contributed by atoms with Gasteiger partial charge in [0.25, 0.3) is 0 Å². The predicted molar refractivity (Wildman–Crippen MR) is 70.2 cm³/mol. The average molecular weight is 355 g/mol. The molecule has 2 nitrogen and oxygen atoms in total. The quantitative estimate of drug-likeness (QED) is 0.878. The van der Waals surface area contributed by atoms with Gasteiger partial charge >= 0.3 is 0 Å². The highest BCUT2D eigenvalue weighted by molar-refractivity contribution is 9.13. The monoisotopic (exact) mass is 353 g/mol. The molecular formula is C10H13Br2NOS. The molecule has 84 valence electrons. The third-order valence-corrected chi connectivity index (χ3v) is 6.12. The molecule has 1 aliphatic rings. The van der Waals surface area contributed by atoms with Gasteiger partial charge in [-0.3, -0.25) is 0 Å².